The summed E-state index contributed by atoms with van der Waals surface area (Å²) in [7, 11) is -1.46. The normalized spacial score (nSPS) is 11.2. The van der Waals surface area contributed by atoms with Crippen LogP contribution < -0.4 is 10.6 Å². The van der Waals surface area contributed by atoms with E-state index in [0.29, 0.717) is 11.4 Å². The number of hydrogen-bond acceptors (Lipinski definition) is 5. The smallest absolute Gasteiger partial charge is 0.337 e. The Morgan fingerprint density at radius 2 is 2.06 bits per heavy atom. The lowest BCUT2D eigenvalue weighted by Crippen LogP contribution is -2.26. The van der Waals surface area contributed by atoms with E-state index in [1.54, 1.807) is 11.9 Å². The summed E-state index contributed by atoms with van der Waals surface area (Å²) in [6, 6.07) is 4.42. The molecule has 0 amide bonds. The SMILES string of the molecule is CN(CCS(C)(=O)=O)c1cc(N)ccc1C(=O)O. The van der Waals surface area contributed by atoms with E-state index in [9.17, 15) is 13.2 Å². The summed E-state index contributed by atoms with van der Waals surface area (Å²) in [5.41, 5.74) is 6.55. The zero-order valence-corrected chi connectivity index (χ0v) is 11.1. The van der Waals surface area contributed by atoms with E-state index in [1.807, 2.05) is 0 Å². The van der Waals surface area contributed by atoms with Gasteiger partial charge in [-0.15, -0.1) is 0 Å². The van der Waals surface area contributed by atoms with Crippen molar-refractivity contribution in [2.45, 2.75) is 0 Å². The van der Waals surface area contributed by atoms with E-state index in [-0.39, 0.29) is 17.9 Å². The van der Waals surface area contributed by atoms with Gasteiger partial charge in [0.25, 0.3) is 0 Å². The third-order valence-electron chi connectivity index (χ3n) is 2.46. The number of nitrogens with zero attached hydrogens (tertiary/aromatic N) is 1. The highest BCUT2D eigenvalue weighted by atomic mass is 32.2. The minimum Gasteiger partial charge on any atom is -0.478 e. The van der Waals surface area contributed by atoms with Gasteiger partial charge in [-0.05, 0) is 18.2 Å². The number of benzene rings is 1. The van der Waals surface area contributed by atoms with Crippen LogP contribution in [-0.2, 0) is 9.84 Å². The molecule has 1 rings (SSSR count). The van der Waals surface area contributed by atoms with Crippen molar-refractivity contribution in [3.8, 4) is 0 Å². The molecule has 0 bridgehead atoms. The molecule has 0 atom stereocenters. The Hall–Kier alpha value is -1.76. The maximum Gasteiger partial charge on any atom is 0.337 e. The van der Waals surface area contributed by atoms with Crippen LogP contribution in [0.25, 0.3) is 0 Å². The van der Waals surface area contributed by atoms with Crippen LogP contribution in [0, 0.1) is 0 Å². The fourth-order valence-electron chi connectivity index (χ4n) is 1.47. The second-order valence-corrected chi connectivity index (χ2v) is 6.39. The highest BCUT2D eigenvalue weighted by Gasteiger charge is 2.15. The molecule has 0 saturated carbocycles. The predicted octanol–water partition coefficient (Wildman–Crippen LogP) is 0.448. The average Bonchev–Trinajstić information content (AvgIpc) is 2.24. The number of nitrogens with two attached hydrogens (primary N) is 1. The molecule has 1 aromatic rings. The summed E-state index contributed by atoms with van der Waals surface area (Å²) >= 11 is 0. The Bertz CT molecular complexity index is 554. The van der Waals surface area contributed by atoms with Gasteiger partial charge in [0.2, 0.25) is 0 Å². The van der Waals surface area contributed by atoms with Gasteiger partial charge in [-0.1, -0.05) is 0 Å². The van der Waals surface area contributed by atoms with Gasteiger partial charge >= 0.3 is 5.97 Å². The molecule has 3 N–H and O–H groups in total. The predicted molar refractivity (Wildman–Crippen MR) is 70.8 cm³/mol. The van der Waals surface area contributed by atoms with Gasteiger partial charge in [-0.2, -0.15) is 0 Å². The minimum absolute atomic E-state index is 0.0443. The molecule has 0 aliphatic heterocycles. The zero-order chi connectivity index (χ0) is 13.9. The van der Waals surface area contributed by atoms with Crippen molar-refractivity contribution in [3.05, 3.63) is 23.8 Å². The molecule has 0 fully saturated rings. The zero-order valence-electron chi connectivity index (χ0n) is 10.3. The van der Waals surface area contributed by atoms with Crippen molar-refractivity contribution >= 4 is 27.2 Å². The molecule has 0 unspecified atom stereocenters. The van der Waals surface area contributed by atoms with Crippen LogP contribution in [0.15, 0.2) is 18.2 Å². The molecule has 100 valence electrons. The van der Waals surface area contributed by atoms with Gasteiger partial charge in [0.15, 0.2) is 0 Å². The average molecular weight is 272 g/mol. The quantitative estimate of drug-likeness (QED) is 0.755. The molecule has 0 radical (unpaired) electrons. The van der Waals surface area contributed by atoms with E-state index < -0.39 is 15.8 Å². The Morgan fingerprint density at radius 3 is 2.56 bits per heavy atom. The van der Waals surface area contributed by atoms with Gasteiger partial charge in [-0.25, -0.2) is 13.2 Å². The Morgan fingerprint density at radius 1 is 1.44 bits per heavy atom. The Balaban J connectivity index is 3.00. The Kier molecular flexibility index (Phi) is 4.18. The largest absolute Gasteiger partial charge is 0.478 e. The molecule has 0 aliphatic rings. The van der Waals surface area contributed by atoms with Crippen molar-refractivity contribution in [1.82, 2.24) is 0 Å². The third-order valence-corrected chi connectivity index (χ3v) is 3.39. The minimum atomic E-state index is -3.09. The molecule has 0 aliphatic carbocycles. The number of carboxylic acid groups (broad SMARTS) is 1. The number of anilines is 2. The second kappa shape index (κ2) is 5.26. The lowest BCUT2D eigenvalue weighted by atomic mass is 10.1. The van der Waals surface area contributed by atoms with Crippen molar-refractivity contribution in [2.24, 2.45) is 0 Å². The standard InChI is InChI=1S/C11H16N2O4S/c1-13(5-6-18(2,16)17)10-7-8(12)3-4-9(10)11(14)15/h3-4,7H,5-6,12H2,1-2H3,(H,14,15). The first kappa shape index (κ1) is 14.3. The van der Waals surface area contributed by atoms with Crippen LogP contribution >= 0.6 is 0 Å². The van der Waals surface area contributed by atoms with E-state index in [2.05, 4.69) is 0 Å². The Labute approximate surface area is 106 Å². The first-order valence-corrected chi connectivity index (χ1v) is 7.28. The fraction of sp³-hybridized carbons (Fsp3) is 0.364. The van der Waals surface area contributed by atoms with Crippen LogP contribution in [0.1, 0.15) is 10.4 Å². The molecular weight excluding hydrogens is 256 g/mol. The lowest BCUT2D eigenvalue weighted by Gasteiger charge is -2.21. The molecule has 7 heteroatoms. The molecule has 0 spiro atoms. The highest BCUT2D eigenvalue weighted by molar-refractivity contribution is 7.90. The van der Waals surface area contributed by atoms with Crippen LogP contribution in [0.3, 0.4) is 0 Å². The van der Waals surface area contributed by atoms with Gasteiger partial charge in [0, 0.05) is 25.5 Å². The topological polar surface area (TPSA) is 101 Å². The van der Waals surface area contributed by atoms with Gasteiger partial charge in [0.05, 0.1) is 17.0 Å². The van der Waals surface area contributed by atoms with Gasteiger partial charge in [-0.3, -0.25) is 0 Å². The van der Waals surface area contributed by atoms with E-state index >= 15 is 0 Å². The van der Waals surface area contributed by atoms with Crippen molar-refractivity contribution in [2.75, 3.05) is 36.2 Å². The van der Waals surface area contributed by atoms with E-state index in [4.69, 9.17) is 10.8 Å². The fourth-order valence-corrected chi connectivity index (χ4v) is 2.07. The highest BCUT2D eigenvalue weighted by Crippen LogP contribution is 2.22. The number of carboxylic acids is 1. The lowest BCUT2D eigenvalue weighted by molar-refractivity contribution is 0.0697. The molecule has 0 saturated heterocycles. The van der Waals surface area contributed by atoms with Crippen LogP contribution in [0.2, 0.25) is 0 Å². The van der Waals surface area contributed by atoms with Crippen LogP contribution in [0.5, 0.6) is 0 Å². The number of nitrogen functional groups attached to an aromatic ring is 1. The molecule has 6 nitrogen and oxygen atoms in total. The monoisotopic (exact) mass is 272 g/mol. The van der Waals surface area contributed by atoms with Crippen molar-refractivity contribution in [3.63, 3.8) is 0 Å². The first-order valence-electron chi connectivity index (χ1n) is 5.22. The van der Waals surface area contributed by atoms with Crippen molar-refractivity contribution < 1.29 is 18.3 Å². The van der Waals surface area contributed by atoms with Crippen molar-refractivity contribution in [1.29, 1.82) is 0 Å². The number of rotatable bonds is 5. The van der Waals surface area contributed by atoms with Gasteiger partial charge in [0.1, 0.15) is 9.84 Å². The molecule has 0 aromatic heterocycles. The number of sulfone groups is 1. The molecular formula is C11H16N2O4S. The summed E-state index contributed by atoms with van der Waals surface area (Å²) < 4.78 is 22.2. The van der Waals surface area contributed by atoms with Crippen LogP contribution in [-0.4, -0.2) is 45.1 Å². The second-order valence-electron chi connectivity index (χ2n) is 4.13. The number of hydrogen-bond donors (Lipinski definition) is 2. The first-order chi connectivity index (χ1) is 8.20. The molecule has 18 heavy (non-hydrogen) atoms. The molecule has 0 heterocycles. The maximum atomic E-state index is 11.1. The van der Waals surface area contributed by atoms with E-state index in [0.717, 1.165) is 6.26 Å². The van der Waals surface area contributed by atoms with E-state index in [1.165, 1.54) is 18.2 Å². The summed E-state index contributed by atoms with van der Waals surface area (Å²) in [6.45, 7) is 0.211. The summed E-state index contributed by atoms with van der Waals surface area (Å²) in [6.07, 6.45) is 1.14. The summed E-state index contributed by atoms with van der Waals surface area (Å²) in [5, 5.41) is 9.05. The maximum absolute atomic E-state index is 11.1. The summed E-state index contributed by atoms with van der Waals surface area (Å²) in [5.74, 6) is -1.12. The van der Waals surface area contributed by atoms with Crippen LogP contribution in [0.4, 0.5) is 11.4 Å². The molecule has 1 aromatic carbocycles. The summed E-state index contributed by atoms with van der Waals surface area (Å²) in [4.78, 5) is 12.6. The van der Waals surface area contributed by atoms with Gasteiger partial charge < -0.3 is 15.7 Å². The number of carbonyl (C=O) groups is 1. The third kappa shape index (κ3) is 3.92. The number of aromatic carboxylic acids is 1.